The first-order valence-electron chi connectivity index (χ1n) is 21.0. The molecule has 276 valence electrons. The van der Waals surface area contributed by atoms with E-state index in [0.717, 1.165) is 6.42 Å². The summed E-state index contributed by atoms with van der Waals surface area (Å²) >= 11 is 5.79. The molecule has 0 aromatic heterocycles. The summed E-state index contributed by atoms with van der Waals surface area (Å²) in [7, 11) is 0. The van der Waals surface area contributed by atoms with Crippen LogP contribution in [0.3, 0.4) is 0 Å². The van der Waals surface area contributed by atoms with Crippen LogP contribution >= 0.6 is 12.2 Å². The van der Waals surface area contributed by atoms with Crippen LogP contribution in [0, 0.1) is 5.41 Å². The number of aliphatic hydroxyl groups is 2. The van der Waals surface area contributed by atoms with Crippen LogP contribution < -0.4 is 0 Å². The van der Waals surface area contributed by atoms with Gasteiger partial charge in [0.25, 0.3) is 0 Å². The van der Waals surface area contributed by atoms with Crippen molar-refractivity contribution in [1.82, 2.24) is 0 Å². The van der Waals surface area contributed by atoms with Gasteiger partial charge in [-0.1, -0.05) is 213 Å². The van der Waals surface area contributed by atoms with E-state index in [1.54, 1.807) is 0 Å². The second kappa shape index (κ2) is 36.1. The highest BCUT2D eigenvalue weighted by Crippen LogP contribution is 2.41. The molecule has 0 bridgehead atoms. The molecular formula is C42H84O3S. The van der Waals surface area contributed by atoms with E-state index in [1.165, 1.54) is 212 Å². The third-order valence-corrected chi connectivity index (χ3v) is 10.6. The molecule has 0 aromatic rings. The van der Waals surface area contributed by atoms with E-state index in [0.29, 0.717) is 5.05 Å². The molecule has 4 heteroatoms. The van der Waals surface area contributed by atoms with Crippen molar-refractivity contribution < 1.29 is 14.9 Å². The molecule has 0 rings (SSSR count). The van der Waals surface area contributed by atoms with Gasteiger partial charge in [0, 0.05) is 6.42 Å². The first-order valence-corrected chi connectivity index (χ1v) is 21.4. The second-order valence-corrected chi connectivity index (χ2v) is 15.4. The fraction of sp³-hybridized carbons (Fsp3) is 0.976. The number of rotatable bonds is 38. The molecule has 3 nitrogen and oxygen atoms in total. The third-order valence-electron chi connectivity index (χ3n) is 10.3. The minimum Gasteiger partial charge on any atom is -0.484 e. The third kappa shape index (κ3) is 31.1. The van der Waals surface area contributed by atoms with Gasteiger partial charge in [0.15, 0.2) is 5.05 Å². The quantitative estimate of drug-likeness (QED) is 0.0508. The Morgan fingerprint density at radius 2 is 0.739 bits per heavy atom. The Morgan fingerprint density at radius 3 is 1.00 bits per heavy atom. The van der Waals surface area contributed by atoms with E-state index in [9.17, 15) is 10.2 Å². The summed E-state index contributed by atoms with van der Waals surface area (Å²) in [5.41, 5.74) is 0.224. The molecule has 46 heavy (non-hydrogen) atoms. The van der Waals surface area contributed by atoms with Crippen LogP contribution in [0.2, 0.25) is 0 Å². The zero-order chi connectivity index (χ0) is 33.8. The maximum atomic E-state index is 9.88. The predicted octanol–water partition coefficient (Wildman–Crippen LogP) is 14.0. The standard InChI is InChI=1S/C42H84O3S/c1-4-7-10-13-16-19-22-25-28-31-34-42(37-41(46)45-39-40(44)38-43,35-32-29-26-23-20-17-14-11-8-5-2)36-33-30-27-24-21-18-15-12-9-6-3/h40,43-44H,4-39H2,1-3H3. The first kappa shape index (κ1) is 45.8. The first-order chi connectivity index (χ1) is 22.5. The summed E-state index contributed by atoms with van der Waals surface area (Å²) in [6.45, 7) is 6.72. The lowest BCUT2D eigenvalue weighted by Gasteiger charge is -2.35. The smallest absolute Gasteiger partial charge is 0.160 e. The van der Waals surface area contributed by atoms with Gasteiger partial charge in [-0.25, -0.2) is 0 Å². The molecule has 0 aliphatic carbocycles. The highest BCUT2D eigenvalue weighted by atomic mass is 32.1. The van der Waals surface area contributed by atoms with Crippen molar-refractivity contribution in [3.63, 3.8) is 0 Å². The summed E-state index contributed by atoms with van der Waals surface area (Å²) in [6, 6.07) is 0. The number of thiocarbonyl (C=S) groups is 1. The highest BCUT2D eigenvalue weighted by molar-refractivity contribution is 7.80. The molecule has 0 fully saturated rings. The lowest BCUT2D eigenvalue weighted by atomic mass is 9.71. The molecule has 0 saturated carbocycles. The molecule has 0 spiro atoms. The molecule has 0 saturated heterocycles. The molecular weight excluding hydrogens is 585 g/mol. The van der Waals surface area contributed by atoms with Crippen molar-refractivity contribution in [2.45, 2.75) is 245 Å². The molecule has 0 aliphatic rings. The fourth-order valence-corrected chi connectivity index (χ4v) is 7.58. The zero-order valence-corrected chi connectivity index (χ0v) is 32.6. The van der Waals surface area contributed by atoms with Gasteiger partial charge in [0.05, 0.1) is 6.61 Å². The van der Waals surface area contributed by atoms with Gasteiger partial charge in [0.1, 0.15) is 12.7 Å². The molecule has 0 aliphatic heterocycles. The molecule has 0 aromatic carbocycles. The summed E-state index contributed by atoms with van der Waals surface area (Å²) in [5, 5.41) is 19.8. The van der Waals surface area contributed by atoms with E-state index in [-0.39, 0.29) is 18.6 Å². The Labute approximate surface area is 295 Å². The minimum absolute atomic E-state index is 0.111. The van der Waals surface area contributed by atoms with Gasteiger partial charge >= 0.3 is 0 Å². The van der Waals surface area contributed by atoms with Crippen molar-refractivity contribution >= 4 is 17.3 Å². The monoisotopic (exact) mass is 669 g/mol. The van der Waals surface area contributed by atoms with Crippen molar-refractivity contribution in [2.24, 2.45) is 5.41 Å². The lowest BCUT2D eigenvalue weighted by Crippen LogP contribution is -2.28. The zero-order valence-electron chi connectivity index (χ0n) is 31.7. The Balaban J connectivity index is 4.98. The molecule has 1 unspecified atom stereocenters. The Morgan fingerprint density at radius 1 is 0.478 bits per heavy atom. The van der Waals surface area contributed by atoms with Crippen LogP contribution in [0.4, 0.5) is 0 Å². The molecule has 2 N–H and O–H groups in total. The van der Waals surface area contributed by atoms with Crippen LogP contribution in [0.1, 0.15) is 239 Å². The van der Waals surface area contributed by atoms with E-state index < -0.39 is 6.10 Å². The van der Waals surface area contributed by atoms with Gasteiger partial charge in [0.2, 0.25) is 0 Å². The minimum atomic E-state index is -0.849. The second-order valence-electron chi connectivity index (χ2n) is 15.0. The van der Waals surface area contributed by atoms with Crippen LogP contribution in [0.25, 0.3) is 0 Å². The molecule has 0 heterocycles. The number of ether oxygens (including phenoxy) is 1. The van der Waals surface area contributed by atoms with E-state index in [1.807, 2.05) is 0 Å². The van der Waals surface area contributed by atoms with Gasteiger partial charge < -0.3 is 14.9 Å². The predicted molar refractivity (Wildman–Crippen MR) is 208 cm³/mol. The maximum Gasteiger partial charge on any atom is 0.160 e. The summed E-state index contributed by atoms with van der Waals surface area (Å²) in [6.07, 6.45) is 45.0. The van der Waals surface area contributed by atoms with Crippen molar-refractivity contribution in [1.29, 1.82) is 0 Å². The van der Waals surface area contributed by atoms with E-state index >= 15 is 0 Å². The van der Waals surface area contributed by atoms with Gasteiger partial charge in [-0.05, 0) is 36.9 Å². The summed E-state index contributed by atoms with van der Waals surface area (Å²) < 4.78 is 5.87. The largest absolute Gasteiger partial charge is 0.484 e. The van der Waals surface area contributed by atoms with E-state index in [2.05, 4.69) is 20.8 Å². The highest BCUT2D eigenvalue weighted by Gasteiger charge is 2.31. The molecule has 1 atom stereocenters. The molecule has 0 radical (unpaired) electrons. The maximum absolute atomic E-state index is 9.88. The summed E-state index contributed by atoms with van der Waals surface area (Å²) in [5.74, 6) is 0. The van der Waals surface area contributed by atoms with Crippen molar-refractivity contribution in [3.8, 4) is 0 Å². The average molecular weight is 669 g/mol. The SMILES string of the molecule is CCCCCCCCCCCCC(CCCCCCCCCCCC)(CCCCCCCCCCCC)CC(=S)OCC(O)CO. The lowest BCUT2D eigenvalue weighted by molar-refractivity contribution is 0.0477. The fourth-order valence-electron chi connectivity index (χ4n) is 7.20. The Kier molecular flexibility index (Phi) is 36.0. The van der Waals surface area contributed by atoms with Gasteiger partial charge in [-0.2, -0.15) is 0 Å². The van der Waals surface area contributed by atoms with Gasteiger partial charge in [-0.15, -0.1) is 0 Å². The van der Waals surface area contributed by atoms with Crippen LogP contribution in [0.15, 0.2) is 0 Å². The molecule has 0 amide bonds. The number of aliphatic hydroxyl groups excluding tert-OH is 2. The average Bonchev–Trinajstić information content (AvgIpc) is 3.06. The normalized spacial score (nSPS) is 12.5. The Bertz CT molecular complexity index is 550. The van der Waals surface area contributed by atoms with Crippen LogP contribution in [-0.2, 0) is 4.74 Å². The van der Waals surface area contributed by atoms with Crippen LogP contribution in [-0.4, -0.2) is 34.6 Å². The Hall–Kier alpha value is -0.190. The number of unbranched alkanes of at least 4 members (excludes halogenated alkanes) is 27. The van der Waals surface area contributed by atoms with Gasteiger partial charge in [-0.3, -0.25) is 0 Å². The van der Waals surface area contributed by atoms with Crippen molar-refractivity contribution in [2.75, 3.05) is 13.2 Å². The van der Waals surface area contributed by atoms with Crippen molar-refractivity contribution in [3.05, 3.63) is 0 Å². The number of hydrogen-bond donors (Lipinski definition) is 2. The van der Waals surface area contributed by atoms with E-state index in [4.69, 9.17) is 17.0 Å². The van der Waals surface area contributed by atoms with Crippen LogP contribution in [0.5, 0.6) is 0 Å². The summed E-state index contributed by atoms with van der Waals surface area (Å²) in [4.78, 5) is 0. The topological polar surface area (TPSA) is 49.7 Å². The number of hydrogen-bond acceptors (Lipinski definition) is 4.